The second-order valence-electron chi connectivity index (χ2n) is 3.08. The number of hydrogen-bond acceptors (Lipinski definition) is 2. The van der Waals surface area contributed by atoms with E-state index in [0.29, 0.717) is 15.6 Å². The zero-order chi connectivity index (χ0) is 11.4. The lowest BCUT2D eigenvalue weighted by atomic mass is 10.0. The first-order chi connectivity index (χ1) is 7.02. The maximum absolute atomic E-state index is 10.3. The van der Waals surface area contributed by atoms with Crippen LogP contribution in [0, 0.1) is 0 Å². The largest absolute Gasteiger partial charge is 0.481 e. The van der Waals surface area contributed by atoms with E-state index in [1.165, 1.54) is 0 Å². The average molecular weight is 249 g/mol. The van der Waals surface area contributed by atoms with Gasteiger partial charge in [-0.1, -0.05) is 29.3 Å². The number of benzene rings is 1. The van der Waals surface area contributed by atoms with E-state index in [9.17, 15) is 9.90 Å². The number of rotatable bonds is 4. The predicted molar refractivity (Wildman–Crippen MR) is 58.3 cm³/mol. The Balaban J connectivity index is 2.81. The highest BCUT2D eigenvalue weighted by molar-refractivity contribution is 6.36. The van der Waals surface area contributed by atoms with E-state index in [4.69, 9.17) is 28.3 Å². The predicted octanol–water partition coefficient (Wildman–Crippen LogP) is 2.89. The Morgan fingerprint density at radius 1 is 1.33 bits per heavy atom. The number of halogens is 2. The minimum atomic E-state index is -0.961. The molecule has 0 aliphatic carbocycles. The van der Waals surface area contributed by atoms with Gasteiger partial charge in [-0.2, -0.15) is 0 Å². The van der Waals surface area contributed by atoms with Crippen LogP contribution in [0.15, 0.2) is 18.2 Å². The van der Waals surface area contributed by atoms with E-state index in [1.807, 2.05) is 0 Å². The van der Waals surface area contributed by atoms with Gasteiger partial charge in [-0.3, -0.25) is 4.79 Å². The highest BCUT2D eigenvalue weighted by atomic mass is 35.5. The van der Waals surface area contributed by atoms with Crippen molar-refractivity contribution in [2.45, 2.75) is 18.9 Å². The number of aliphatic carboxylic acids is 1. The van der Waals surface area contributed by atoms with Crippen LogP contribution in [0.4, 0.5) is 0 Å². The normalized spacial score (nSPS) is 12.5. The first-order valence-electron chi connectivity index (χ1n) is 4.36. The molecule has 1 unspecified atom stereocenters. The summed E-state index contributed by atoms with van der Waals surface area (Å²) >= 11 is 11.7. The molecular formula is C10H10Cl2O3. The van der Waals surface area contributed by atoms with Crippen LogP contribution >= 0.6 is 23.2 Å². The fourth-order valence-corrected chi connectivity index (χ4v) is 1.88. The number of carbonyl (C=O) groups is 1. The van der Waals surface area contributed by atoms with E-state index >= 15 is 0 Å². The van der Waals surface area contributed by atoms with Gasteiger partial charge in [-0.05, 0) is 18.6 Å². The van der Waals surface area contributed by atoms with Gasteiger partial charge in [0, 0.05) is 22.0 Å². The van der Waals surface area contributed by atoms with Crippen molar-refractivity contribution in [2.75, 3.05) is 0 Å². The summed E-state index contributed by atoms with van der Waals surface area (Å²) in [6.45, 7) is 0. The lowest BCUT2D eigenvalue weighted by Crippen LogP contribution is -2.03. The smallest absolute Gasteiger partial charge is 0.303 e. The molecular weight excluding hydrogens is 239 g/mol. The second-order valence-corrected chi connectivity index (χ2v) is 3.90. The molecule has 1 aromatic carbocycles. The van der Waals surface area contributed by atoms with Crippen LogP contribution in [-0.2, 0) is 4.79 Å². The molecule has 0 spiro atoms. The first-order valence-corrected chi connectivity index (χ1v) is 5.11. The van der Waals surface area contributed by atoms with Crippen LogP contribution in [0.25, 0.3) is 0 Å². The lowest BCUT2D eigenvalue weighted by Gasteiger charge is -2.13. The molecule has 1 aromatic rings. The molecule has 1 atom stereocenters. The van der Waals surface area contributed by atoms with Gasteiger partial charge < -0.3 is 10.2 Å². The number of carboxylic acids is 1. The highest BCUT2D eigenvalue weighted by Crippen LogP contribution is 2.32. The van der Waals surface area contributed by atoms with Gasteiger partial charge >= 0.3 is 5.97 Å². The second kappa shape index (κ2) is 5.35. The molecule has 0 radical (unpaired) electrons. The fraction of sp³-hybridized carbons (Fsp3) is 0.300. The molecule has 0 heterocycles. The maximum Gasteiger partial charge on any atom is 0.303 e. The summed E-state index contributed by atoms with van der Waals surface area (Å²) in [6, 6.07) is 4.87. The van der Waals surface area contributed by atoms with Gasteiger partial charge in [0.1, 0.15) is 0 Å². The Hall–Kier alpha value is -0.770. The molecule has 0 saturated heterocycles. The third kappa shape index (κ3) is 3.38. The monoisotopic (exact) mass is 248 g/mol. The van der Waals surface area contributed by atoms with Gasteiger partial charge in [0.25, 0.3) is 0 Å². The van der Waals surface area contributed by atoms with Crippen molar-refractivity contribution >= 4 is 29.2 Å². The average Bonchev–Trinajstić information content (AvgIpc) is 2.14. The SMILES string of the molecule is O=C(O)CCC(O)c1c(Cl)cccc1Cl. The first kappa shape index (κ1) is 12.3. The van der Waals surface area contributed by atoms with Crippen LogP contribution in [0.1, 0.15) is 24.5 Å². The van der Waals surface area contributed by atoms with Gasteiger partial charge in [0.05, 0.1) is 6.10 Å². The van der Waals surface area contributed by atoms with E-state index in [0.717, 1.165) is 0 Å². The molecule has 0 aliphatic rings. The summed E-state index contributed by atoms with van der Waals surface area (Å²) < 4.78 is 0. The van der Waals surface area contributed by atoms with Crippen LogP contribution in [-0.4, -0.2) is 16.2 Å². The molecule has 3 nitrogen and oxygen atoms in total. The standard InChI is InChI=1S/C10H10Cl2O3/c11-6-2-1-3-7(12)10(6)8(13)4-5-9(14)15/h1-3,8,13H,4-5H2,(H,14,15). The summed E-state index contributed by atoms with van der Waals surface area (Å²) in [5.74, 6) is -0.961. The molecule has 0 saturated carbocycles. The molecule has 0 aliphatic heterocycles. The summed E-state index contributed by atoms with van der Waals surface area (Å²) in [7, 11) is 0. The Morgan fingerprint density at radius 2 is 1.87 bits per heavy atom. The quantitative estimate of drug-likeness (QED) is 0.862. The van der Waals surface area contributed by atoms with E-state index < -0.39 is 12.1 Å². The lowest BCUT2D eigenvalue weighted by molar-refractivity contribution is -0.137. The zero-order valence-corrected chi connectivity index (χ0v) is 9.29. The molecule has 2 N–H and O–H groups in total. The van der Waals surface area contributed by atoms with E-state index in [-0.39, 0.29) is 12.8 Å². The van der Waals surface area contributed by atoms with Crippen molar-refractivity contribution in [3.05, 3.63) is 33.8 Å². The van der Waals surface area contributed by atoms with Crippen molar-refractivity contribution in [3.63, 3.8) is 0 Å². The molecule has 0 bridgehead atoms. The fourth-order valence-electron chi connectivity index (χ4n) is 1.23. The minimum Gasteiger partial charge on any atom is -0.481 e. The van der Waals surface area contributed by atoms with Crippen LogP contribution < -0.4 is 0 Å². The number of aliphatic hydroxyl groups excluding tert-OH is 1. The van der Waals surface area contributed by atoms with Crippen LogP contribution in [0.3, 0.4) is 0 Å². The Kier molecular flexibility index (Phi) is 4.39. The summed E-state index contributed by atoms with van der Waals surface area (Å²) in [5, 5.41) is 18.9. The van der Waals surface area contributed by atoms with Crippen LogP contribution in [0.2, 0.25) is 10.0 Å². The molecule has 0 fully saturated rings. The third-order valence-electron chi connectivity index (χ3n) is 1.96. The van der Waals surface area contributed by atoms with Gasteiger partial charge in [0.2, 0.25) is 0 Å². The Morgan fingerprint density at radius 3 is 2.33 bits per heavy atom. The minimum absolute atomic E-state index is 0.0960. The Bertz CT molecular complexity index is 345. The molecule has 1 rings (SSSR count). The van der Waals surface area contributed by atoms with Crippen molar-refractivity contribution in [2.24, 2.45) is 0 Å². The Labute approximate surface area is 97.2 Å². The summed E-state index contributed by atoms with van der Waals surface area (Å²) in [5.41, 5.74) is 0.391. The molecule has 82 valence electrons. The van der Waals surface area contributed by atoms with Crippen LogP contribution in [0.5, 0.6) is 0 Å². The third-order valence-corrected chi connectivity index (χ3v) is 2.62. The topological polar surface area (TPSA) is 57.5 Å². The molecule has 15 heavy (non-hydrogen) atoms. The van der Waals surface area contributed by atoms with Crippen molar-refractivity contribution < 1.29 is 15.0 Å². The summed E-state index contributed by atoms with van der Waals surface area (Å²) in [4.78, 5) is 10.3. The molecule has 0 amide bonds. The van der Waals surface area contributed by atoms with Crippen molar-refractivity contribution in [3.8, 4) is 0 Å². The molecule has 5 heteroatoms. The number of hydrogen-bond donors (Lipinski definition) is 2. The van der Waals surface area contributed by atoms with Crippen molar-refractivity contribution in [1.82, 2.24) is 0 Å². The highest BCUT2D eigenvalue weighted by Gasteiger charge is 2.16. The van der Waals surface area contributed by atoms with E-state index in [2.05, 4.69) is 0 Å². The van der Waals surface area contributed by atoms with Gasteiger partial charge in [-0.25, -0.2) is 0 Å². The van der Waals surface area contributed by atoms with Crippen molar-refractivity contribution in [1.29, 1.82) is 0 Å². The van der Waals surface area contributed by atoms with E-state index in [1.54, 1.807) is 18.2 Å². The van der Waals surface area contributed by atoms with Gasteiger partial charge in [-0.15, -0.1) is 0 Å². The molecule has 0 aromatic heterocycles. The zero-order valence-electron chi connectivity index (χ0n) is 7.78. The number of carboxylic acid groups (broad SMARTS) is 1. The maximum atomic E-state index is 10.3. The summed E-state index contributed by atoms with van der Waals surface area (Å²) in [6.07, 6.45) is -0.969. The van der Waals surface area contributed by atoms with Gasteiger partial charge in [0.15, 0.2) is 0 Å². The number of aliphatic hydroxyl groups is 1.